The summed E-state index contributed by atoms with van der Waals surface area (Å²) in [4.78, 5) is 0. The Bertz CT molecular complexity index is 155. The van der Waals surface area contributed by atoms with E-state index in [2.05, 4.69) is 0 Å². The van der Waals surface area contributed by atoms with Gasteiger partial charge in [0.05, 0.1) is 6.07 Å². The van der Waals surface area contributed by atoms with E-state index in [0.717, 1.165) is 5.57 Å². The van der Waals surface area contributed by atoms with Crippen molar-refractivity contribution >= 4 is 0 Å². The number of nitrogens with two attached hydrogens (primary N) is 1. The van der Waals surface area contributed by atoms with Crippen LogP contribution in [0.1, 0.15) is 19.8 Å². The summed E-state index contributed by atoms with van der Waals surface area (Å²) in [6, 6.07) is 1.91. The highest BCUT2D eigenvalue weighted by molar-refractivity contribution is 5.10. The van der Waals surface area contributed by atoms with Gasteiger partial charge in [-0.15, -0.1) is 0 Å². The SMILES string of the molecule is C/C(=C/C#N)CCC(N)O. The molecule has 1 atom stereocenters. The molecule has 3 heteroatoms. The van der Waals surface area contributed by atoms with Crippen LogP contribution in [0.5, 0.6) is 0 Å². The van der Waals surface area contributed by atoms with E-state index in [0.29, 0.717) is 12.8 Å². The van der Waals surface area contributed by atoms with Crippen LogP contribution in [0.3, 0.4) is 0 Å². The average molecular weight is 140 g/mol. The summed E-state index contributed by atoms with van der Waals surface area (Å²) in [5.41, 5.74) is 6.03. The molecule has 0 fully saturated rings. The first-order valence-corrected chi connectivity index (χ1v) is 3.15. The Kier molecular flexibility index (Phi) is 4.55. The van der Waals surface area contributed by atoms with E-state index >= 15 is 0 Å². The normalized spacial score (nSPS) is 14.4. The van der Waals surface area contributed by atoms with Crippen LogP contribution in [0, 0.1) is 11.3 Å². The molecular weight excluding hydrogens is 128 g/mol. The highest BCUT2D eigenvalue weighted by Gasteiger charge is 1.95. The number of nitriles is 1. The molecule has 0 saturated carbocycles. The lowest BCUT2D eigenvalue weighted by Crippen LogP contribution is -2.18. The van der Waals surface area contributed by atoms with Crippen molar-refractivity contribution in [2.45, 2.75) is 26.0 Å². The van der Waals surface area contributed by atoms with Gasteiger partial charge < -0.3 is 10.8 Å². The van der Waals surface area contributed by atoms with Crippen molar-refractivity contribution in [1.82, 2.24) is 0 Å². The third-order valence-corrected chi connectivity index (χ3v) is 1.15. The number of allylic oxidation sites excluding steroid dienone is 2. The number of hydrogen-bond donors (Lipinski definition) is 2. The quantitative estimate of drug-likeness (QED) is 0.443. The van der Waals surface area contributed by atoms with Crippen LogP contribution in [0.15, 0.2) is 11.6 Å². The zero-order valence-electron chi connectivity index (χ0n) is 6.04. The molecular formula is C7H12N2O. The Hall–Kier alpha value is -0.850. The number of aliphatic hydroxyl groups excluding tert-OH is 1. The van der Waals surface area contributed by atoms with Gasteiger partial charge in [-0.3, -0.25) is 0 Å². The molecule has 0 aromatic rings. The average Bonchev–Trinajstić information content (AvgIpc) is 1.85. The first kappa shape index (κ1) is 9.15. The number of rotatable bonds is 3. The molecule has 1 unspecified atom stereocenters. The lowest BCUT2D eigenvalue weighted by molar-refractivity contribution is 0.172. The van der Waals surface area contributed by atoms with E-state index in [9.17, 15) is 0 Å². The maximum absolute atomic E-state index is 8.64. The monoisotopic (exact) mass is 140 g/mol. The Balaban J connectivity index is 3.51. The van der Waals surface area contributed by atoms with Crippen LogP contribution >= 0.6 is 0 Å². The first-order valence-electron chi connectivity index (χ1n) is 3.15. The fourth-order valence-electron chi connectivity index (χ4n) is 0.558. The fourth-order valence-corrected chi connectivity index (χ4v) is 0.558. The van der Waals surface area contributed by atoms with Crippen molar-refractivity contribution < 1.29 is 5.11 Å². The number of aliphatic hydroxyl groups is 1. The van der Waals surface area contributed by atoms with Gasteiger partial charge in [0.25, 0.3) is 0 Å². The van der Waals surface area contributed by atoms with E-state index < -0.39 is 6.23 Å². The largest absolute Gasteiger partial charge is 0.379 e. The molecule has 0 radical (unpaired) electrons. The van der Waals surface area contributed by atoms with Crippen molar-refractivity contribution in [1.29, 1.82) is 5.26 Å². The second-order valence-corrected chi connectivity index (χ2v) is 2.23. The van der Waals surface area contributed by atoms with Crippen LogP contribution in [0.25, 0.3) is 0 Å². The van der Waals surface area contributed by atoms with Crippen LogP contribution in [0.4, 0.5) is 0 Å². The molecule has 56 valence electrons. The van der Waals surface area contributed by atoms with Gasteiger partial charge in [-0.2, -0.15) is 5.26 Å². The predicted molar refractivity (Wildman–Crippen MR) is 38.8 cm³/mol. The Labute approximate surface area is 60.8 Å². The standard InChI is InChI=1S/C7H12N2O/c1-6(4-5-8)2-3-7(9)10/h4,7,10H,2-3,9H2,1H3/b6-4-. The maximum Gasteiger partial charge on any atom is 0.102 e. The summed E-state index contributed by atoms with van der Waals surface area (Å²) in [5.74, 6) is 0. The van der Waals surface area contributed by atoms with Crippen molar-refractivity contribution in [3.8, 4) is 6.07 Å². The van der Waals surface area contributed by atoms with Crippen molar-refractivity contribution in [2.75, 3.05) is 0 Å². The Morgan fingerprint density at radius 2 is 2.50 bits per heavy atom. The van der Waals surface area contributed by atoms with E-state index in [1.165, 1.54) is 6.08 Å². The minimum absolute atomic E-state index is 0.518. The molecule has 0 aromatic heterocycles. The fraction of sp³-hybridized carbons (Fsp3) is 0.571. The van der Waals surface area contributed by atoms with Gasteiger partial charge >= 0.3 is 0 Å². The van der Waals surface area contributed by atoms with Crippen molar-refractivity contribution in [3.05, 3.63) is 11.6 Å². The molecule has 0 aliphatic rings. The Morgan fingerprint density at radius 1 is 1.90 bits per heavy atom. The highest BCUT2D eigenvalue weighted by atomic mass is 16.3. The number of nitrogens with zero attached hydrogens (tertiary/aromatic N) is 1. The molecule has 10 heavy (non-hydrogen) atoms. The summed E-state index contributed by atoms with van der Waals surface area (Å²) in [6.45, 7) is 1.84. The molecule has 0 aromatic carbocycles. The van der Waals surface area contributed by atoms with Gasteiger partial charge in [0, 0.05) is 6.08 Å². The van der Waals surface area contributed by atoms with Gasteiger partial charge in [-0.25, -0.2) is 0 Å². The molecule has 0 aliphatic heterocycles. The Morgan fingerprint density at radius 3 is 2.90 bits per heavy atom. The molecule has 3 nitrogen and oxygen atoms in total. The van der Waals surface area contributed by atoms with Gasteiger partial charge in [-0.05, 0) is 19.8 Å². The highest BCUT2D eigenvalue weighted by Crippen LogP contribution is 2.03. The van der Waals surface area contributed by atoms with E-state index in [4.69, 9.17) is 16.1 Å². The number of hydrogen-bond acceptors (Lipinski definition) is 3. The van der Waals surface area contributed by atoms with Crippen LogP contribution in [0.2, 0.25) is 0 Å². The first-order chi connectivity index (χ1) is 4.66. The molecule has 0 saturated heterocycles. The predicted octanol–water partition coefficient (Wildman–Crippen LogP) is 0.514. The smallest absolute Gasteiger partial charge is 0.102 e. The van der Waals surface area contributed by atoms with E-state index in [-0.39, 0.29) is 0 Å². The summed E-state index contributed by atoms with van der Waals surface area (Å²) in [5, 5.41) is 16.8. The second kappa shape index (κ2) is 4.98. The molecule has 0 spiro atoms. The van der Waals surface area contributed by atoms with E-state index in [1.807, 2.05) is 13.0 Å². The lowest BCUT2D eigenvalue weighted by Gasteiger charge is -2.01. The summed E-state index contributed by atoms with van der Waals surface area (Å²) >= 11 is 0. The minimum Gasteiger partial charge on any atom is -0.379 e. The third-order valence-electron chi connectivity index (χ3n) is 1.15. The van der Waals surface area contributed by atoms with E-state index in [1.54, 1.807) is 0 Å². The molecule has 0 amide bonds. The zero-order valence-corrected chi connectivity index (χ0v) is 6.04. The molecule has 0 heterocycles. The van der Waals surface area contributed by atoms with Crippen LogP contribution in [-0.2, 0) is 0 Å². The maximum atomic E-state index is 8.64. The molecule has 3 N–H and O–H groups in total. The van der Waals surface area contributed by atoms with Gasteiger partial charge in [-0.1, -0.05) is 5.57 Å². The summed E-state index contributed by atoms with van der Waals surface area (Å²) in [6.07, 6.45) is 1.90. The topological polar surface area (TPSA) is 70.0 Å². The van der Waals surface area contributed by atoms with Gasteiger partial charge in [0.15, 0.2) is 0 Å². The minimum atomic E-state index is -0.762. The van der Waals surface area contributed by atoms with Gasteiger partial charge in [0.2, 0.25) is 0 Å². The second-order valence-electron chi connectivity index (χ2n) is 2.23. The zero-order chi connectivity index (χ0) is 7.98. The van der Waals surface area contributed by atoms with Crippen molar-refractivity contribution in [3.63, 3.8) is 0 Å². The van der Waals surface area contributed by atoms with Crippen LogP contribution in [-0.4, -0.2) is 11.3 Å². The summed E-state index contributed by atoms with van der Waals surface area (Å²) < 4.78 is 0. The third kappa shape index (κ3) is 5.29. The molecule has 0 rings (SSSR count). The van der Waals surface area contributed by atoms with Gasteiger partial charge in [0.1, 0.15) is 6.23 Å². The van der Waals surface area contributed by atoms with Crippen LogP contribution < -0.4 is 5.73 Å². The lowest BCUT2D eigenvalue weighted by atomic mass is 10.1. The molecule has 0 aliphatic carbocycles. The summed E-state index contributed by atoms with van der Waals surface area (Å²) in [7, 11) is 0. The van der Waals surface area contributed by atoms with Crippen molar-refractivity contribution in [2.24, 2.45) is 5.73 Å². The molecule has 0 bridgehead atoms.